The monoisotopic (exact) mass is 295 g/mol. The zero-order valence-electron chi connectivity index (χ0n) is 8.58. The van der Waals surface area contributed by atoms with Gasteiger partial charge in [-0.2, -0.15) is 0 Å². The summed E-state index contributed by atoms with van der Waals surface area (Å²) in [5.74, 6) is 0. The number of nitrogens with one attached hydrogen (secondary N) is 1. The van der Waals surface area contributed by atoms with Gasteiger partial charge in [0.15, 0.2) is 0 Å². The zero-order chi connectivity index (χ0) is 11.4. The van der Waals surface area contributed by atoms with Crippen LogP contribution in [-0.2, 0) is 6.54 Å². The topological polar surface area (TPSA) is 12.0 Å². The zero-order valence-corrected chi connectivity index (χ0v) is 10.9. The molecule has 0 saturated heterocycles. The van der Waals surface area contributed by atoms with Gasteiger partial charge in [0.2, 0.25) is 0 Å². The average Bonchev–Trinajstić information content (AvgIpc) is 2.30. The van der Waals surface area contributed by atoms with E-state index in [9.17, 15) is 0 Å². The van der Waals surface area contributed by atoms with E-state index in [0.29, 0.717) is 0 Å². The minimum absolute atomic E-state index is 0.756. The fraction of sp³-hybridized carbons (Fsp3) is 0.0769. The van der Waals surface area contributed by atoms with Crippen molar-refractivity contribution in [1.82, 2.24) is 0 Å². The molecule has 82 valence electrons. The highest BCUT2D eigenvalue weighted by Crippen LogP contribution is 2.18. The average molecular weight is 297 g/mol. The third-order valence-electron chi connectivity index (χ3n) is 2.29. The number of hydrogen-bond acceptors (Lipinski definition) is 1. The summed E-state index contributed by atoms with van der Waals surface area (Å²) in [4.78, 5) is 0. The molecule has 3 heteroatoms. The predicted molar refractivity (Wildman–Crippen MR) is 72.9 cm³/mol. The van der Waals surface area contributed by atoms with E-state index < -0.39 is 0 Å². The summed E-state index contributed by atoms with van der Waals surface area (Å²) in [6.45, 7) is 0.795. The van der Waals surface area contributed by atoms with E-state index in [1.54, 1.807) is 0 Å². The minimum atomic E-state index is 0.756. The molecule has 2 rings (SSSR count). The Morgan fingerprint density at radius 1 is 1.00 bits per heavy atom. The first-order valence-corrected chi connectivity index (χ1v) is 6.15. The highest BCUT2D eigenvalue weighted by atomic mass is 79.9. The molecule has 0 bridgehead atoms. The molecule has 0 aliphatic carbocycles. The molecular weight excluding hydrogens is 286 g/mol. The molecule has 0 unspecified atom stereocenters. The summed E-state index contributed by atoms with van der Waals surface area (Å²) >= 11 is 9.34. The quantitative estimate of drug-likeness (QED) is 0.864. The summed E-state index contributed by atoms with van der Waals surface area (Å²) in [7, 11) is 0. The highest BCUT2D eigenvalue weighted by molar-refractivity contribution is 9.10. The van der Waals surface area contributed by atoms with Crippen LogP contribution in [-0.4, -0.2) is 0 Å². The molecule has 0 amide bonds. The van der Waals surface area contributed by atoms with Crippen LogP contribution in [0.25, 0.3) is 0 Å². The molecule has 0 aliphatic rings. The summed E-state index contributed by atoms with van der Waals surface area (Å²) in [5.41, 5.74) is 2.30. The normalized spacial score (nSPS) is 10.1. The molecule has 0 heterocycles. The van der Waals surface area contributed by atoms with Crippen molar-refractivity contribution in [2.45, 2.75) is 6.54 Å². The van der Waals surface area contributed by atoms with Gasteiger partial charge in [0, 0.05) is 21.7 Å². The third-order valence-corrected chi connectivity index (χ3v) is 3.31. The van der Waals surface area contributed by atoms with E-state index in [4.69, 9.17) is 11.6 Å². The van der Waals surface area contributed by atoms with E-state index >= 15 is 0 Å². The summed E-state index contributed by atoms with van der Waals surface area (Å²) in [6, 6.07) is 15.9. The van der Waals surface area contributed by atoms with Crippen LogP contribution in [0.4, 0.5) is 5.69 Å². The summed E-state index contributed by atoms with van der Waals surface area (Å²) < 4.78 is 1.12. The van der Waals surface area contributed by atoms with Gasteiger partial charge in [-0.15, -0.1) is 0 Å². The van der Waals surface area contributed by atoms with Crippen molar-refractivity contribution in [3.05, 3.63) is 63.6 Å². The Kier molecular flexibility index (Phi) is 3.86. The van der Waals surface area contributed by atoms with Gasteiger partial charge in [0.25, 0.3) is 0 Å². The molecule has 1 N–H and O–H groups in total. The van der Waals surface area contributed by atoms with E-state index in [1.165, 1.54) is 5.56 Å². The highest BCUT2D eigenvalue weighted by Gasteiger charge is 1.98. The van der Waals surface area contributed by atoms with E-state index in [1.807, 2.05) is 42.5 Å². The first-order chi connectivity index (χ1) is 7.75. The number of rotatable bonds is 3. The van der Waals surface area contributed by atoms with Crippen LogP contribution in [0.5, 0.6) is 0 Å². The van der Waals surface area contributed by atoms with Crippen molar-refractivity contribution in [3.8, 4) is 0 Å². The second-order valence-electron chi connectivity index (χ2n) is 3.45. The largest absolute Gasteiger partial charge is 0.381 e. The Labute approximate surface area is 109 Å². The Morgan fingerprint density at radius 2 is 1.69 bits per heavy atom. The Hall–Kier alpha value is -0.990. The SMILES string of the molecule is Clc1ccc(NCc2ccccc2Br)cc1. The first kappa shape index (κ1) is 11.5. The van der Waals surface area contributed by atoms with Crippen LogP contribution in [0.15, 0.2) is 53.0 Å². The second kappa shape index (κ2) is 5.37. The molecule has 1 nitrogen and oxygen atoms in total. The van der Waals surface area contributed by atoms with Crippen LogP contribution in [0.3, 0.4) is 0 Å². The molecule has 0 radical (unpaired) electrons. The van der Waals surface area contributed by atoms with Crippen molar-refractivity contribution < 1.29 is 0 Å². The van der Waals surface area contributed by atoms with Gasteiger partial charge in [-0.3, -0.25) is 0 Å². The van der Waals surface area contributed by atoms with Crippen LogP contribution < -0.4 is 5.32 Å². The van der Waals surface area contributed by atoms with Gasteiger partial charge in [-0.1, -0.05) is 45.7 Å². The maximum absolute atomic E-state index is 5.82. The summed E-state index contributed by atoms with van der Waals surface area (Å²) in [6.07, 6.45) is 0. The standard InChI is InChI=1S/C13H11BrClN/c14-13-4-2-1-3-10(13)9-16-12-7-5-11(15)6-8-12/h1-8,16H,9H2. The van der Waals surface area contributed by atoms with E-state index in [2.05, 4.69) is 27.3 Å². The molecule has 2 aromatic rings. The van der Waals surface area contributed by atoms with Crippen LogP contribution in [0, 0.1) is 0 Å². The van der Waals surface area contributed by atoms with Crippen molar-refractivity contribution in [1.29, 1.82) is 0 Å². The molecule has 2 aromatic carbocycles. The van der Waals surface area contributed by atoms with Crippen LogP contribution in [0.2, 0.25) is 5.02 Å². The molecule has 0 saturated carbocycles. The predicted octanol–water partition coefficient (Wildman–Crippen LogP) is 4.71. The molecule has 0 aromatic heterocycles. The smallest absolute Gasteiger partial charge is 0.0411 e. The molecule has 0 atom stereocenters. The Morgan fingerprint density at radius 3 is 2.38 bits per heavy atom. The number of hydrogen-bond donors (Lipinski definition) is 1. The van der Waals surface area contributed by atoms with Crippen LogP contribution >= 0.6 is 27.5 Å². The minimum Gasteiger partial charge on any atom is -0.381 e. The fourth-order valence-corrected chi connectivity index (χ4v) is 1.96. The maximum Gasteiger partial charge on any atom is 0.0411 e. The first-order valence-electron chi connectivity index (χ1n) is 4.98. The molecule has 16 heavy (non-hydrogen) atoms. The number of anilines is 1. The molecule has 0 aliphatic heterocycles. The molecular formula is C13H11BrClN. The molecule has 0 fully saturated rings. The van der Waals surface area contributed by atoms with Crippen molar-refractivity contribution in [2.75, 3.05) is 5.32 Å². The molecule has 0 spiro atoms. The van der Waals surface area contributed by atoms with Gasteiger partial charge < -0.3 is 5.32 Å². The van der Waals surface area contributed by atoms with Crippen molar-refractivity contribution >= 4 is 33.2 Å². The van der Waals surface area contributed by atoms with Gasteiger partial charge in [-0.05, 0) is 35.9 Å². The van der Waals surface area contributed by atoms with Gasteiger partial charge in [0.05, 0.1) is 0 Å². The van der Waals surface area contributed by atoms with Crippen LogP contribution in [0.1, 0.15) is 5.56 Å². The summed E-state index contributed by atoms with van der Waals surface area (Å²) in [5, 5.41) is 4.10. The maximum atomic E-state index is 5.82. The van der Waals surface area contributed by atoms with Crippen molar-refractivity contribution in [2.24, 2.45) is 0 Å². The van der Waals surface area contributed by atoms with Gasteiger partial charge >= 0.3 is 0 Å². The lowest BCUT2D eigenvalue weighted by molar-refractivity contribution is 1.14. The van der Waals surface area contributed by atoms with E-state index in [-0.39, 0.29) is 0 Å². The fourth-order valence-electron chi connectivity index (χ4n) is 1.41. The number of halogens is 2. The Bertz CT molecular complexity index is 468. The second-order valence-corrected chi connectivity index (χ2v) is 4.74. The Balaban J connectivity index is 2.02. The lowest BCUT2D eigenvalue weighted by Gasteiger charge is -2.07. The third kappa shape index (κ3) is 3.00. The van der Waals surface area contributed by atoms with Gasteiger partial charge in [0.1, 0.15) is 0 Å². The lowest BCUT2D eigenvalue weighted by atomic mass is 10.2. The lowest BCUT2D eigenvalue weighted by Crippen LogP contribution is -1.99. The van der Waals surface area contributed by atoms with E-state index in [0.717, 1.165) is 21.7 Å². The number of benzene rings is 2. The van der Waals surface area contributed by atoms with Crippen molar-refractivity contribution in [3.63, 3.8) is 0 Å². The van der Waals surface area contributed by atoms with Gasteiger partial charge in [-0.25, -0.2) is 0 Å².